The maximum Gasteiger partial charge on any atom is 0.340 e. The lowest BCUT2D eigenvalue weighted by atomic mass is 10.1. The first-order valence-corrected chi connectivity index (χ1v) is 11.8. The molecule has 1 fully saturated rings. The van der Waals surface area contributed by atoms with Crippen LogP contribution in [0.2, 0.25) is 0 Å². The molecule has 1 aliphatic rings. The average Bonchev–Trinajstić information content (AvgIpc) is 3.41. The molecule has 3 aromatic heterocycles. The molecule has 1 saturated heterocycles. The highest BCUT2D eigenvalue weighted by atomic mass is 32.2. The van der Waals surface area contributed by atoms with E-state index in [9.17, 15) is 26.0 Å². The van der Waals surface area contributed by atoms with Gasteiger partial charge in [-0.05, 0) is 25.0 Å². The van der Waals surface area contributed by atoms with Crippen LogP contribution in [-0.4, -0.2) is 81.9 Å². The number of halogens is 4. The van der Waals surface area contributed by atoms with Crippen molar-refractivity contribution in [3.63, 3.8) is 0 Å². The largest absolute Gasteiger partial charge is 0.470 e. The van der Waals surface area contributed by atoms with Crippen LogP contribution in [0.25, 0.3) is 16.8 Å². The summed E-state index contributed by atoms with van der Waals surface area (Å²) in [6.45, 7) is -0.877. The van der Waals surface area contributed by atoms with Crippen molar-refractivity contribution in [1.29, 1.82) is 0 Å². The van der Waals surface area contributed by atoms with E-state index in [1.807, 2.05) is 0 Å². The van der Waals surface area contributed by atoms with Crippen LogP contribution >= 0.6 is 0 Å². The van der Waals surface area contributed by atoms with Crippen LogP contribution in [0.15, 0.2) is 24.5 Å². The van der Waals surface area contributed by atoms with Gasteiger partial charge in [-0.2, -0.15) is 23.4 Å². The SMILES string of the molecule is CS(=O)(=O)N1CCC(Nc2nc3ccc(-c4cn[nH]c4)c(OCC(F)(F)C(F)F)n3n2)CC1. The Hall–Kier alpha value is -2.94. The molecule has 0 radical (unpaired) electrons. The fourth-order valence-corrected chi connectivity index (χ4v) is 4.36. The Kier molecular flexibility index (Phi) is 6.18. The van der Waals surface area contributed by atoms with Crippen molar-refractivity contribution in [3.8, 4) is 17.0 Å². The van der Waals surface area contributed by atoms with Crippen molar-refractivity contribution in [2.45, 2.75) is 31.2 Å². The third-order valence-electron chi connectivity index (χ3n) is 5.24. The van der Waals surface area contributed by atoms with Gasteiger partial charge in [0.1, 0.15) is 0 Å². The maximum absolute atomic E-state index is 13.5. The maximum atomic E-state index is 13.5. The highest BCUT2D eigenvalue weighted by Crippen LogP contribution is 2.32. The Bertz CT molecular complexity index is 1210. The number of ether oxygens (including phenoxy) is 1. The van der Waals surface area contributed by atoms with Crippen molar-refractivity contribution in [3.05, 3.63) is 24.5 Å². The van der Waals surface area contributed by atoms with E-state index < -0.39 is 29.0 Å². The van der Waals surface area contributed by atoms with Gasteiger partial charge in [0.2, 0.25) is 21.9 Å². The quantitative estimate of drug-likeness (QED) is 0.464. The molecule has 1 aliphatic heterocycles. The number of alkyl halides is 4. The van der Waals surface area contributed by atoms with E-state index in [0.29, 0.717) is 37.1 Å². The van der Waals surface area contributed by atoms with E-state index in [4.69, 9.17) is 4.74 Å². The number of anilines is 1. The number of rotatable bonds is 8. The summed E-state index contributed by atoms with van der Waals surface area (Å²) in [6, 6.07) is 3.01. The van der Waals surface area contributed by atoms with E-state index in [1.165, 1.54) is 16.7 Å². The van der Waals surface area contributed by atoms with Gasteiger partial charge in [0.15, 0.2) is 12.3 Å². The average molecular weight is 491 g/mol. The smallest absolute Gasteiger partial charge is 0.340 e. The predicted molar refractivity (Wildman–Crippen MR) is 110 cm³/mol. The van der Waals surface area contributed by atoms with Crippen LogP contribution in [0.5, 0.6) is 5.88 Å². The first-order valence-electron chi connectivity index (χ1n) is 9.94. The third kappa shape index (κ3) is 5.03. The highest BCUT2D eigenvalue weighted by Gasteiger charge is 2.42. The van der Waals surface area contributed by atoms with Crippen molar-refractivity contribution < 1.29 is 30.7 Å². The second-order valence-electron chi connectivity index (χ2n) is 7.68. The van der Waals surface area contributed by atoms with Gasteiger partial charge >= 0.3 is 12.3 Å². The number of nitrogens with one attached hydrogen (secondary N) is 2. The zero-order valence-electron chi connectivity index (χ0n) is 17.4. The fourth-order valence-electron chi connectivity index (χ4n) is 3.48. The summed E-state index contributed by atoms with van der Waals surface area (Å²) in [7, 11) is -3.27. The molecule has 15 heteroatoms. The summed E-state index contributed by atoms with van der Waals surface area (Å²) in [5, 5.41) is 13.8. The van der Waals surface area contributed by atoms with Crippen LogP contribution in [0.3, 0.4) is 0 Å². The van der Waals surface area contributed by atoms with Crippen LogP contribution in [-0.2, 0) is 10.0 Å². The van der Waals surface area contributed by atoms with Gasteiger partial charge < -0.3 is 10.1 Å². The van der Waals surface area contributed by atoms with Crippen LogP contribution in [0.4, 0.5) is 23.5 Å². The summed E-state index contributed by atoms with van der Waals surface area (Å²) in [5.41, 5.74) is 1.03. The Morgan fingerprint density at radius 2 is 2.03 bits per heavy atom. The lowest BCUT2D eigenvalue weighted by Gasteiger charge is -2.30. The lowest BCUT2D eigenvalue weighted by molar-refractivity contribution is -0.148. The van der Waals surface area contributed by atoms with Crippen LogP contribution < -0.4 is 10.1 Å². The van der Waals surface area contributed by atoms with Crippen molar-refractivity contribution >= 4 is 21.6 Å². The number of piperidine rings is 1. The van der Waals surface area contributed by atoms with Gasteiger partial charge in [-0.25, -0.2) is 21.5 Å². The zero-order chi connectivity index (χ0) is 23.8. The summed E-state index contributed by atoms with van der Waals surface area (Å²) in [4.78, 5) is 4.31. The van der Waals surface area contributed by atoms with Gasteiger partial charge in [-0.15, -0.1) is 5.10 Å². The zero-order valence-corrected chi connectivity index (χ0v) is 18.2. The summed E-state index contributed by atoms with van der Waals surface area (Å²) in [5.74, 6) is -4.38. The molecule has 180 valence electrons. The van der Waals surface area contributed by atoms with Gasteiger partial charge in [0, 0.05) is 36.5 Å². The third-order valence-corrected chi connectivity index (χ3v) is 6.54. The molecule has 10 nitrogen and oxygen atoms in total. The second-order valence-corrected chi connectivity index (χ2v) is 9.66. The monoisotopic (exact) mass is 491 g/mol. The summed E-state index contributed by atoms with van der Waals surface area (Å²) >= 11 is 0. The Morgan fingerprint density at radius 3 is 2.64 bits per heavy atom. The molecular weight excluding hydrogens is 470 g/mol. The van der Waals surface area contributed by atoms with E-state index in [0.717, 1.165) is 10.8 Å². The second kappa shape index (κ2) is 8.78. The molecule has 33 heavy (non-hydrogen) atoms. The topological polar surface area (TPSA) is 118 Å². The van der Waals surface area contributed by atoms with E-state index in [1.54, 1.807) is 12.1 Å². The number of nitrogens with zero attached hydrogens (tertiary/aromatic N) is 5. The fraction of sp³-hybridized carbons (Fsp3) is 0.500. The minimum atomic E-state index is -4.36. The molecule has 3 aromatic rings. The Balaban J connectivity index is 1.60. The number of aromatic amines is 1. The number of sulfonamides is 1. The molecule has 4 heterocycles. The number of H-pyrrole nitrogens is 1. The van der Waals surface area contributed by atoms with Crippen LogP contribution in [0, 0.1) is 0 Å². The lowest BCUT2D eigenvalue weighted by Crippen LogP contribution is -2.41. The molecular formula is C18H21F4N7O3S. The highest BCUT2D eigenvalue weighted by molar-refractivity contribution is 7.88. The Labute approximate surface area is 186 Å². The number of hydrogen-bond acceptors (Lipinski definition) is 7. The number of aromatic nitrogens is 5. The molecule has 0 amide bonds. The number of pyridine rings is 1. The van der Waals surface area contributed by atoms with Gasteiger partial charge in [0.25, 0.3) is 0 Å². The predicted octanol–water partition coefficient (Wildman–Crippen LogP) is 2.23. The van der Waals surface area contributed by atoms with E-state index >= 15 is 0 Å². The molecule has 0 atom stereocenters. The molecule has 0 aliphatic carbocycles. The molecule has 2 N–H and O–H groups in total. The van der Waals surface area contributed by atoms with Gasteiger partial charge in [0.05, 0.1) is 12.5 Å². The van der Waals surface area contributed by atoms with Crippen molar-refractivity contribution in [2.24, 2.45) is 0 Å². The first-order chi connectivity index (χ1) is 15.5. The number of hydrogen-bond donors (Lipinski definition) is 2. The van der Waals surface area contributed by atoms with Gasteiger partial charge in [-0.1, -0.05) is 0 Å². The normalized spacial score (nSPS) is 16.5. The summed E-state index contributed by atoms with van der Waals surface area (Å²) < 4.78 is 83.4. The standard InChI is InChI=1S/C18H21F4N7O3S/c1-33(30,31)28-6-4-12(5-7-28)25-17-26-14-3-2-13(11-8-23-24-9-11)15(29(14)27-17)32-10-18(21,22)16(19)20/h2-3,8-9,12,16H,4-7,10H2,1H3,(H,23,24)(H,25,27). The minimum absolute atomic E-state index is 0.110. The Morgan fingerprint density at radius 1 is 1.30 bits per heavy atom. The molecule has 4 rings (SSSR count). The van der Waals surface area contributed by atoms with Crippen LogP contribution in [0.1, 0.15) is 12.8 Å². The van der Waals surface area contributed by atoms with Crippen molar-refractivity contribution in [2.75, 3.05) is 31.3 Å². The molecule has 0 spiro atoms. The molecule has 0 unspecified atom stereocenters. The van der Waals surface area contributed by atoms with E-state index in [2.05, 4.69) is 25.6 Å². The molecule has 0 bridgehead atoms. The van der Waals surface area contributed by atoms with E-state index in [-0.39, 0.29) is 23.5 Å². The summed E-state index contributed by atoms with van der Waals surface area (Å²) in [6.07, 6.45) is 1.22. The molecule has 0 saturated carbocycles. The first kappa shape index (κ1) is 23.2. The molecule has 0 aromatic carbocycles. The number of fused-ring (bicyclic) bond motifs is 1. The van der Waals surface area contributed by atoms with Gasteiger partial charge in [-0.3, -0.25) is 5.10 Å². The minimum Gasteiger partial charge on any atom is -0.470 e. The van der Waals surface area contributed by atoms with Crippen molar-refractivity contribution in [1.82, 2.24) is 29.1 Å².